The van der Waals surface area contributed by atoms with Crippen molar-refractivity contribution >= 4 is 11.9 Å². The lowest BCUT2D eigenvalue weighted by Crippen LogP contribution is -2.60. The number of hydrogen-bond donors (Lipinski definition) is 5. The fourth-order valence-electron chi connectivity index (χ4n) is 10.5. The van der Waals surface area contributed by atoms with Gasteiger partial charge in [-0.25, -0.2) is 0 Å². The lowest BCUT2D eigenvalue weighted by atomic mass is 9.77. The molecular formula is C49H93N3O13. The van der Waals surface area contributed by atoms with E-state index in [4.69, 9.17) is 33.2 Å². The topological polar surface area (TPSA) is 198 Å². The van der Waals surface area contributed by atoms with E-state index in [1.807, 2.05) is 60.7 Å². The van der Waals surface area contributed by atoms with E-state index in [1.165, 1.54) is 13.5 Å². The number of carbonyl (C=O) groups excluding carboxylic acids is 2. The van der Waals surface area contributed by atoms with Gasteiger partial charge in [-0.15, -0.1) is 0 Å². The lowest BCUT2D eigenvalue weighted by molar-refractivity contribution is -0.318. The van der Waals surface area contributed by atoms with Crippen LogP contribution in [0, 0.1) is 17.8 Å². The number of carbonyl (C=O) groups is 2. The van der Waals surface area contributed by atoms with Gasteiger partial charge >= 0.3 is 5.97 Å². The molecule has 0 unspecified atom stereocenters. The van der Waals surface area contributed by atoms with Crippen LogP contribution in [0.3, 0.4) is 0 Å². The molecule has 3 aliphatic heterocycles. The summed E-state index contributed by atoms with van der Waals surface area (Å²) in [5.74, 6) is -2.55. The second-order valence-electron chi connectivity index (χ2n) is 20.9. The van der Waals surface area contributed by atoms with E-state index in [0.717, 1.165) is 25.7 Å². The number of ether oxygens (including phenoxy) is 7. The Kier molecular flexibility index (Phi) is 23.0. The Morgan fingerprint density at radius 1 is 0.923 bits per heavy atom. The minimum atomic E-state index is -1.67. The van der Waals surface area contributed by atoms with Crippen molar-refractivity contribution in [2.24, 2.45) is 17.8 Å². The summed E-state index contributed by atoms with van der Waals surface area (Å²) in [6, 6.07) is -0.673. The van der Waals surface area contributed by atoms with E-state index >= 15 is 0 Å². The molecule has 16 nitrogen and oxygen atoms in total. The Bertz CT molecular complexity index is 1420. The Morgan fingerprint density at radius 3 is 2.20 bits per heavy atom. The number of hydrogen-bond acceptors (Lipinski definition) is 15. The molecule has 0 aromatic heterocycles. The zero-order chi connectivity index (χ0) is 49.0. The first-order valence-electron chi connectivity index (χ1n) is 24.8. The number of aliphatic hydroxyl groups is 4. The van der Waals surface area contributed by atoms with Crippen LogP contribution in [0.4, 0.5) is 0 Å². The minimum Gasteiger partial charge on any atom is -0.459 e. The van der Waals surface area contributed by atoms with Crippen molar-refractivity contribution in [3.8, 4) is 0 Å². The van der Waals surface area contributed by atoms with E-state index in [9.17, 15) is 30.0 Å². The Morgan fingerprint density at radius 2 is 1.58 bits per heavy atom. The number of nitrogens with one attached hydrogen (secondary N) is 1. The molecule has 0 aliphatic carbocycles. The fourth-order valence-corrected chi connectivity index (χ4v) is 10.5. The molecule has 0 aromatic rings. The number of cyclic esters (lactones) is 1. The third-order valence-electron chi connectivity index (χ3n) is 14.6. The van der Waals surface area contributed by atoms with Crippen molar-refractivity contribution < 1.29 is 63.2 Å². The van der Waals surface area contributed by atoms with Crippen LogP contribution in [0.1, 0.15) is 147 Å². The third kappa shape index (κ3) is 15.7. The number of unbranched alkanes of at least 4 members (excludes halogenated alkanes) is 4. The van der Waals surface area contributed by atoms with Gasteiger partial charge in [0.1, 0.15) is 30.0 Å². The molecule has 3 heterocycles. The van der Waals surface area contributed by atoms with E-state index in [0.29, 0.717) is 32.4 Å². The predicted octanol–water partition coefficient (Wildman–Crippen LogP) is 4.79. The smallest absolute Gasteiger partial charge is 0.311 e. The third-order valence-corrected chi connectivity index (χ3v) is 14.6. The molecule has 382 valence electrons. The lowest BCUT2D eigenvalue weighted by Gasteiger charge is -2.48. The number of esters is 1. The van der Waals surface area contributed by atoms with E-state index in [2.05, 4.69) is 17.1 Å². The molecule has 3 fully saturated rings. The van der Waals surface area contributed by atoms with Gasteiger partial charge < -0.3 is 68.7 Å². The molecule has 0 spiro atoms. The average molecular weight is 932 g/mol. The first kappa shape index (κ1) is 57.8. The van der Waals surface area contributed by atoms with Gasteiger partial charge in [0, 0.05) is 57.6 Å². The van der Waals surface area contributed by atoms with Gasteiger partial charge in [-0.2, -0.15) is 0 Å². The quantitative estimate of drug-likeness (QED) is 0.0929. The minimum absolute atomic E-state index is 0.0151. The maximum atomic E-state index is 14.7. The highest BCUT2D eigenvalue weighted by Gasteiger charge is 2.53. The number of aliphatic hydroxyl groups excluding tert-OH is 2. The van der Waals surface area contributed by atoms with Crippen molar-refractivity contribution in [2.45, 2.75) is 237 Å². The molecule has 5 N–H and O–H groups in total. The largest absolute Gasteiger partial charge is 0.459 e. The highest BCUT2D eigenvalue weighted by molar-refractivity contribution is 5.75. The predicted molar refractivity (Wildman–Crippen MR) is 249 cm³/mol. The zero-order valence-corrected chi connectivity index (χ0v) is 42.9. The monoisotopic (exact) mass is 932 g/mol. The molecule has 3 aliphatic rings. The highest BCUT2D eigenvalue weighted by atomic mass is 16.7. The number of likely N-dealkylation sites (N-methyl/N-ethyl adjacent to an activating group) is 2. The molecule has 3 rings (SSSR count). The van der Waals surface area contributed by atoms with Gasteiger partial charge in [-0.05, 0) is 108 Å². The van der Waals surface area contributed by atoms with Crippen LogP contribution in [0.2, 0.25) is 0 Å². The van der Waals surface area contributed by atoms with Crippen LogP contribution in [0.5, 0.6) is 0 Å². The van der Waals surface area contributed by atoms with Crippen molar-refractivity contribution in [3.63, 3.8) is 0 Å². The molecule has 0 radical (unpaired) electrons. The molecule has 3 saturated heterocycles. The van der Waals surface area contributed by atoms with Gasteiger partial charge in [0.25, 0.3) is 0 Å². The maximum absolute atomic E-state index is 14.7. The van der Waals surface area contributed by atoms with Gasteiger partial charge in [0.2, 0.25) is 5.91 Å². The molecule has 16 heteroatoms. The van der Waals surface area contributed by atoms with Crippen molar-refractivity contribution in [1.29, 1.82) is 0 Å². The summed E-state index contributed by atoms with van der Waals surface area (Å²) in [5.41, 5.74) is -4.28. The summed E-state index contributed by atoms with van der Waals surface area (Å²) >= 11 is 0. The van der Waals surface area contributed by atoms with Crippen molar-refractivity contribution in [3.05, 3.63) is 0 Å². The van der Waals surface area contributed by atoms with E-state index in [1.54, 1.807) is 34.6 Å². The highest BCUT2D eigenvalue weighted by Crippen LogP contribution is 2.40. The molecule has 18 atom stereocenters. The van der Waals surface area contributed by atoms with Gasteiger partial charge in [-0.1, -0.05) is 53.4 Å². The molecule has 1 amide bonds. The van der Waals surface area contributed by atoms with Crippen LogP contribution < -0.4 is 5.32 Å². The van der Waals surface area contributed by atoms with Crippen molar-refractivity contribution in [1.82, 2.24) is 15.1 Å². The molecule has 0 saturated carbocycles. The standard InChI is InChI=1S/C49H93N3O13/c1-16-18-19-20-21-23-38(53)50-24-22-25-60-44-34(7)52(14)29-30(3)27-47(9,57)43(65-46-40(54)36(51(12)13)26-31(4)61-46)32(5)41(33(6)45(56)63-37(17-2)49(44,11)58)64-39-28-48(10,59-15)42(55)35(8)62-39/h30-37,39-44,46,54-55,57-58H,16-29H2,1-15H3,(H,50,53)/t30-,31-,32+,33-,34-,35+,36+,37-,39+,40-,41+,42+,43-,44-,46+,47-,48-,49-/m1/s1. The summed E-state index contributed by atoms with van der Waals surface area (Å²) in [7, 11) is 7.26. The summed E-state index contributed by atoms with van der Waals surface area (Å²) in [5, 5.41) is 51.1. The second kappa shape index (κ2) is 25.9. The second-order valence-corrected chi connectivity index (χ2v) is 20.9. The molecule has 0 bridgehead atoms. The van der Waals surface area contributed by atoms with Gasteiger partial charge in [0.15, 0.2) is 12.6 Å². The van der Waals surface area contributed by atoms with E-state index in [-0.39, 0.29) is 49.8 Å². The zero-order valence-electron chi connectivity index (χ0n) is 42.9. The van der Waals surface area contributed by atoms with Gasteiger partial charge in [0.05, 0.1) is 41.5 Å². The summed E-state index contributed by atoms with van der Waals surface area (Å²) in [4.78, 5) is 31.2. The molecule has 65 heavy (non-hydrogen) atoms. The summed E-state index contributed by atoms with van der Waals surface area (Å²) in [6.45, 7) is 21.5. The molecule has 0 aromatic carbocycles. The van der Waals surface area contributed by atoms with E-state index < -0.39 is 96.0 Å². The normalized spacial score (nSPS) is 42.0. The summed E-state index contributed by atoms with van der Waals surface area (Å²) < 4.78 is 44.9. The van der Waals surface area contributed by atoms with Crippen LogP contribution in [0.15, 0.2) is 0 Å². The average Bonchev–Trinajstić information content (AvgIpc) is 3.23. The Labute approximate surface area is 392 Å². The van der Waals surface area contributed by atoms with Crippen molar-refractivity contribution in [2.75, 3.05) is 47.9 Å². The maximum Gasteiger partial charge on any atom is 0.311 e. The first-order valence-corrected chi connectivity index (χ1v) is 24.8. The number of methoxy groups -OCH3 is 1. The Balaban J connectivity index is 2.05. The van der Waals surface area contributed by atoms with Gasteiger partial charge in [-0.3, -0.25) is 9.59 Å². The van der Waals surface area contributed by atoms with Crippen LogP contribution in [-0.4, -0.2) is 180 Å². The van der Waals surface area contributed by atoms with Crippen LogP contribution in [0.25, 0.3) is 0 Å². The van der Waals surface area contributed by atoms with Crippen LogP contribution >= 0.6 is 0 Å². The summed E-state index contributed by atoms with van der Waals surface area (Å²) in [6.07, 6.45) is -1.38. The number of nitrogens with zero attached hydrogens (tertiary/aromatic N) is 2. The number of amides is 1. The number of rotatable bonds is 18. The first-order chi connectivity index (χ1) is 30.3. The fraction of sp³-hybridized carbons (Fsp3) is 0.959. The SMILES string of the molecule is CCCCCCCC(=O)NCCCO[C@@H]1[C@@H](C)N(C)C[C@H](C)C[C@@](C)(O)[C@H](O[C@@H]2O[C@H](C)C[C@H](N(C)C)[C@H]2O)[C@@H](C)[C@H](O[C@H]2C[C@@](C)(OC)[C@@H](O)[C@H](C)O2)[C@@H](C)C(=O)O[C@H](CC)[C@@]1(C)O. The Hall–Kier alpha value is -1.54. The van der Waals surface area contributed by atoms with Crippen LogP contribution in [-0.2, 0) is 42.7 Å². The molecular weight excluding hydrogens is 839 g/mol.